The van der Waals surface area contributed by atoms with Gasteiger partial charge in [-0.25, -0.2) is 0 Å². The number of benzene rings is 2. The highest BCUT2D eigenvalue weighted by molar-refractivity contribution is 9.10. The lowest BCUT2D eigenvalue weighted by molar-refractivity contribution is -0.123. The van der Waals surface area contributed by atoms with Crippen molar-refractivity contribution in [2.75, 3.05) is 11.9 Å². The van der Waals surface area contributed by atoms with Crippen LogP contribution in [-0.4, -0.2) is 18.4 Å². The van der Waals surface area contributed by atoms with Crippen LogP contribution in [0.4, 0.5) is 5.69 Å². The fourth-order valence-electron chi connectivity index (χ4n) is 2.09. The molecule has 0 spiro atoms. The number of rotatable bonds is 5. The van der Waals surface area contributed by atoms with E-state index in [9.17, 15) is 9.59 Å². The number of halogens is 1. The van der Waals surface area contributed by atoms with Crippen molar-refractivity contribution in [2.45, 2.75) is 20.3 Å². The maximum absolute atomic E-state index is 11.9. The number of hydrogen-bond donors (Lipinski definition) is 2. The molecule has 4 nitrogen and oxygen atoms in total. The second-order valence-electron chi connectivity index (χ2n) is 5.45. The molecule has 0 saturated carbocycles. The van der Waals surface area contributed by atoms with Crippen molar-refractivity contribution in [3.63, 3.8) is 0 Å². The highest BCUT2D eigenvalue weighted by Gasteiger charge is 2.08. The molecule has 0 saturated heterocycles. The van der Waals surface area contributed by atoms with Crippen molar-refractivity contribution in [1.29, 1.82) is 0 Å². The Morgan fingerprint density at radius 3 is 2.39 bits per heavy atom. The zero-order chi connectivity index (χ0) is 16.8. The van der Waals surface area contributed by atoms with E-state index in [4.69, 9.17) is 0 Å². The molecule has 2 rings (SSSR count). The van der Waals surface area contributed by atoms with Gasteiger partial charge in [-0.15, -0.1) is 0 Å². The lowest BCUT2D eigenvalue weighted by atomic mass is 10.1. The Bertz CT molecular complexity index is 711. The van der Waals surface area contributed by atoms with Gasteiger partial charge in [0.2, 0.25) is 11.8 Å². The summed E-state index contributed by atoms with van der Waals surface area (Å²) < 4.78 is 0.967. The molecule has 0 radical (unpaired) electrons. The van der Waals surface area contributed by atoms with Crippen molar-refractivity contribution >= 4 is 33.4 Å². The van der Waals surface area contributed by atoms with Crippen LogP contribution in [0.15, 0.2) is 46.9 Å². The molecule has 2 amide bonds. The lowest BCUT2D eigenvalue weighted by Gasteiger charge is -2.10. The topological polar surface area (TPSA) is 58.2 Å². The Labute approximate surface area is 144 Å². The normalized spacial score (nSPS) is 10.2. The molecule has 0 aromatic heterocycles. The molecular weight excluding hydrogens is 356 g/mol. The molecule has 23 heavy (non-hydrogen) atoms. The van der Waals surface area contributed by atoms with Crippen molar-refractivity contribution < 1.29 is 9.59 Å². The lowest BCUT2D eigenvalue weighted by Crippen LogP contribution is -2.33. The van der Waals surface area contributed by atoms with Gasteiger partial charge in [0.05, 0.1) is 13.0 Å². The van der Waals surface area contributed by atoms with Gasteiger partial charge in [-0.05, 0) is 48.7 Å². The fourth-order valence-corrected chi connectivity index (χ4v) is 2.36. The average Bonchev–Trinajstić information content (AvgIpc) is 2.51. The molecule has 0 atom stereocenters. The van der Waals surface area contributed by atoms with Gasteiger partial charge in [0.1, 0.15) is 0 Å². The van der Waals surface area contributed by atoms with E-state index in [2.05, 4.69) is 26.6 Å². The minimum atomic E-state index is -0.233. The third-order valence-electron chi connectivity index (χ3n) is 3.39. The molecule has 5 heteroatoms. The third-order valence-corrected chi connectivity index (χ3v) is 3.92. The van der Waals surface area contributed by atoms with E-state index in [0.717, 1.165) is 26.9 Å². The van der Waals surface area contributed by atoms with E-state index in [-0.39, 0.29) is 24.8 Å². The summed E-state index contributed by atoms with van der Waals surface area (Å²) >= 11 is 3.35. The van der Waals surface area contributed by atoms with Gasteiger partial charge in [-0.2, -0.15) is 0 Å². The monoisotopic (exact) mass is 374 g/mol. The number of carbonyl (C=O) groups is 2. The molecule has 0 aliphatic rings. The molecular formula is C18H19BrN2O2. The van der Waals surface area contributed by atoms with E-state index < -0.39 is 0 Å². The first kappa shape index (κ1) is 17.2. The van der Waals surface area contributed by atoms with E-state index in [1.54, 1.807) is 0 Å². The number of anilines is 1. The van der Waals surface area contributed by atoms with Crippen LogP contribution in [0.1, 0.15) is 16.7 Å². The highest BCUT2D eigenvalue weighted by Crippen LogP contribution is 2.16. The number of nitrogens with one attached hydrogen (secondary N) is 2. The van der Waals surface area contributed by atoms with Crippen molar-refractivity contribution in [2.24, 2.45) is 0 Å². The van der Waals surface area contributed by atoms with Gasteiger partial charge in [-0.3, -0.25) is 9.59 Å². The summed E-state index contributed by atoms with van der Waals surface area (Å²) in [7, 11) is 0. The first-order valence-corrected chi connectivity index (χ1v) is 8.11. The molecule has 2 N–H and O–H groups in total. The molecule has 0 heterocycles. The summed E-state index contributed by atoms with van der Waals surface area (Å²) in [6.07, 6.45) is 0.254. The van der Waals surface area contributed by atoms with E-state index in [0.29, 0.717) is 0 Å². The largest absolute Gasteiger partial charge is 0.347 e. The Balaban J connectivity index is 1.83. The number of aryl methyl sites for hydroxylation is 2. The van der Waals surface area contributed by atoms with E-state index >= 15 is 0 Å². The van der Waals surface area contributed by atoms with E-state index in [1.807, 2.05) is 56.3 Å². The highest BCUT2D eigenvalue weighted by atomic mass is 79.9. The Morgan fingerprint density at radius 2 is 1.70 bits per heavy atom. The van der Waals surface area contributed by atoms with Crippen LogP contribution in [0, 0.1) is 13.8 Å². The summed E-state index contributed by atoms with van der Waals surface area (Å²) in [6, 6.07) is 13.4. The molecule has 0 fully saturated rings. The van der Waals surface area contributed by atoms with Gasteiger partial charge in [0, 0.05) is 10.2 Å². The Hall–Kier alpha value is -2.14. The van der Waals surface area contributed by atoms with E-state index in [1.165, 1.54) is 0 Å². The first-order chi connectivity index (χ1) is 10.9. The second-order valence-corrected chi connectivity index (χ2v) is 6.36. The van der Waals surface area contributed by atoms with Crippen LogP contribution >= 0.6 is 15.9 Å². The first-order valence-electron chi connectivity index (χ1n) is 7.32. The van der Waals surface area contributed by atoms with Gasteiger partial charge in [0.15, 0.2) is 0 Å². The number of amides is 2. The third kappa shape index (κ3) is 5.53. The smallest absolute Gasteiger partial charge is 0.243 e. The summed E-state index contributed by atoms with van der Waals surface area (Å²) in [4.78, 5) is 23.8. The standard InChI is InChI=1S/C18H19BrN2O2/c1-12-3-4-13(2)16(9-12)21-18(23)11-20-17(22)10-14-5-7-15(19)8-6-14/h3-9H,10-11H2,1-2H3,(H,20,22)(H,21,23). The minimum absolute atomic E-state index is 0.0389. The van der Waals surface area contributed by atoms with Crippen LogP contribution in [0.3, 0.4) is 0 Å². The quantitative estimate of drug-likeness (QED) is 0.842. The molecule has 0 bridgehead atoms. The molecule has 120 valence electrons. The number of carbonyl (C=O) groups excluding carboxylic acids is 2. The predicted octanol–water partition coefficient (Wildman–Crippen LogP) is 3.36. The summed E-state index contributed by atoms with van der Waals surface area (Å²) in [6.45, 7) is 3.86. The SMILES string of the molecule is Cc1ccc(C)c(NC(=O)CNC(=O)Cc2ccc(Br)cc2)c1. The Morgan fingerprint density at radius 1 is 1.00 bits per heavy atom. The zero-order valence-corrected chi connectivity index (χ0v) is 14.7. The number of hydrogen-bond acceptors (Lipinski definition) is 2. The maximum atomic E-state index is 11.9. The van der Waals surface area contributed by atoms with Crippen molar-refractivity contribution in [3.8, 4) is 0 Å². The molecule has 0 aliphatic carbocycles. The maximum Gasteiger partial charge on any atom is 0.243 e. The van der Waals surface area contributed by atoms with Gasteiger partial charge >= 0.3 is 0 Å². The predicted molar refractivity (Wildman–Crippen MR) is 95.4 cm³/mol. The Kier molecular flexibility index (Phi) is 5.93. The zero-order valence-electron chi connectivity index (χ0n) is 13.2. The summed E-state index contributed by atoms with van der Waals surface area (Å²) in [5.41, 5.74) is 3.74. The molecule has 2 aromatic rings. The van der Waals surface area contributed by atoms with Crippen LogP contribution in [-0.2, 0) is 16.0 Å². The minimum Gasteiger partial charge on any atom is -0.347 e. The molecule has 0 unspecified atom stereocenters. The van der Waals surface area contributed by atoms with Gasteiger partial charge in [-0.1, -0.05) is 40.2 Å². The molecule has 0 aliphatic heterocycles. The van der Waals surface area contributed by atoms with Crippen LogP contribution in [0.5, 0.6) is 0 Å². The summed E-state index contributed by atoms with van der Waals surface area (Å²) in [5.74, 6) is -0.411. The average molecular weight is 375 g/mol. The fraction of sp³-hybridized carbons (Fsp3) is 0.222. The molecule has 2 aromatic carbocycles. The van der Waals surface area contributed by atoms with Crippen molar-refractivity contribution in [1.82, 2.24) is 5.32 Å². The van der Waals surface area contributed by atoms with Gasteiger partial charge in [0.25, 0.3) is 0 Å². The van der Waals surface area contributed by atoms with Crippen LogP contribution in [0.2, 0.25) is 0 Å². The van der Waals surface area contributed by atoms with Crippen LogP contribution < -0.4 is 10.6 Å². The van der Waals surface area contributed by atoms with Gasteiger partial charge < -0.3 is 10.6 Å². The summed E-state index contributed by atoms with van der Waals surface area (Å²) in [5, 5.41) is 5.46. The van der Waals surface area contributed by atoms with Crippen molar-refractivity contribution in [3.05, 3.63) is 63.6 Å². The second kappa shape index (κ2) is 7.92. The van der Waals surface area contributed by atoms with Crippen LogP contribution in [0.25, 0.3) is 0 Å².